The molecule has 0 spiro atoms. The molecule has 0 N–H and O–H groups in total. The molecule has 0 amide bonds. The average Bonchev–Trinajstić information content (AvgIpc) is 2.98. The number of nitrogens with zero attached hydrogens (tertiary/aromatic N) is 2. The molecular formula is C20H24N2O. The first-order valence-electron chi connectivity index (χ1n) is 8.66. The summed E-state index contributed by atoms with van der Waals surface area (Å²) in [6.45, 7) is 9.90. The van der Waals surface area contributed by atoms with Crippen LogP contribution in [0.25, 0.3) is 11.3 Å². The fourth-order valence-electron chi connectivity index (χ4n) is 5.69. The van der Waals surface area contributed by atoms with E-state index in [0.717, 1.165) is 11.3 Å². The molecule has 0 radical (unpaired) electrons. The van der Waals surface area contributed by atoms with Crippen molar-refractivity contribution < 1.29 is 4.42 Å². The van der Waals surface area contributed by atoms with Crippen molar-refractivity contribution in [3.05, 3.63) is 48.2 Å². The topological polar surface area (TPSA) is 19.6 Å². The van der Waals surface area contributed by atoms with E-state index in [-0.39, 0.29) is 0 Å². The number of hydrogen-bond donors (Lipinski definition) is 0. The van der Waals surface area contributed by atoms with Crippen molar-refractivity contribution in [1.82, 2.24) is 9.80 Å². The molecule has 120 valence electrons. The van der Waals surface area contributed by atoms with Crippen LogP contribution in [0, 0.1) is 10.8 Å². The standard InChI is InChI=1S/C20H24N2O/c1-19-10-20(2)13-21(11-19)18(22(12-19)14-20)16-7-5-15(6-8-16)17-4-3-9-23-17/h3-9,18H,10-14H2,1-2H3. The Kier molecular flexibility index (Phi) is 2.70. The summed E-state index contributed by atoms with van der Waals surface area (Å²) in [4.78, 5) is 5.41. The van der Waals surface area contributed by atoms with Crippen LogP contribution in [0.4, 0.5) is 0 Å². The third-order valence-corrected chi connectivity index (χ3v) is 5.90. The van der Waals surface area contributed by atoms with Crippen LogP contribution in [0.5, 0.6) is 0 Å². The van der Waals surface area contributed by atoms with Gasteiger partial charge in [0, 0.05) is 31.7 Å². The molecule has 0 saturated carbocycles. The highest BCUT2D eigenvalue weighted by Gasteiger charge is 2.56. The maximum absolute atomic E-state index is 5.50. The van der Waals surface area contributed by atoms with Crippen LogP contribution < -0.4 is 0 Å². The van der Waals surface area contributed by atoms with Gasteiger partial charge in [0.25, 0.3) is 0 Å². The molecule has 4 aliphatic heterocycles. The second-order valence-electron chi connectivity index (χ2n) is 8.58. The number of rotatable bonds is 2. The maximum atomic E-state index is 5.50. The normalized spacial score (nSPS) is 41.4. The Hall–Kier alpha value is -1.58. The average molecular weight is 308 g/mol. The van der Waals surface area contributed by atoms with Gasteiger partial charge in [-0.1, -0.05) is 38.1 Å². The Morgan fingerprint density at radius 1 is 0.913 bits per heavy atom. The summed E-state index contributed by atoms with van der Waals surface area (Å²) >= 11 is 0. The highest BCUT2D eigenvalue weighted by Crippen LogP contribution is 2.54. The van der Waals surface area contributed by atoms with Gasteiger partial charge in [-0.15, -0.1) is 0 Å². The van der Waals surface area contributed by atoms with Crippen LogP contribution in [-0.4, -0.2) is 36.0 Å². The number of piperidine rings is 2. The Morgan fingerprint density at radius 2 is 1.52 bits per heavy atom. The van der Waals surface area contributed by atoms with Crippen molar-refractivity contribution in [2.75, 3.05) is 26.2 Å². The molecule has 0 aliphatic carbocycles. The SMILES string of the molecule is CC12CN3CC(C)(CN(C1)C3c1ccc(-c3ccco3)cc1)C2. The van der Waals surface area contributed by atoms with E-state index in [0.29, 0.717) is 17.0 Å². The lowest BCUT2D eigenvalue weighted by molar-refractivity contribution is -0.194. The quantitative estimate of drug-likeness (QED) is 0.836. The lowest BCUT2D eigenvalue weighted by Crippen LogP contribution is -2.70. The summed E-state index contributed by atoms with van der Waals surface area (Å²) in [7, 11) is 0. The molecule has 1 aromatic heterocycles. The van der Waals surface area contributed by atoms with Crippen LogP contribution in [0.2, 0.25) is 0 Å². The molecule has 3 heteroatoms. The van der Waals surface area contributed by atoms with Gasteiger partial charge in [0.1, 0.15) is 5.76 Å². The van der Waals surface area contributed by atoms with E-state index in [1.807, 2.05) is 12.1 Å². The fraction of sp³-hybridized carbons (Fsp3) is 0.500. The van der Waals surface area contributed by atoms with Gasteiger partial charge in [-0.2, -0.15) is 0 Å². The lowest BCUT2D eigenvalue weighted by atomic mass is 9.63. The Balaban J connectivity index is 1.47. The van der Waals surface area contributed by atoms with Crippen molar-refractivity contribution in [2.24, 2.45) is 10.8 Å². The van der Waals surface area contributed by atoms with Crippen molar-refractivity contribution in [1.29, 1.82) is 0 Å². The van der Waals surface area contributed by atoms with E-state index in [4.69, 9.17) is 4.42 Å². The summed E-state index contributed by atoms with van der Waals surface area (Å²) < 4.78 is 5.50. The van der Waals surface area contributed by atoms with E-state index in [2.05, 4.69) is 47.9 Å². The monoisotopic (exact) mass is 308 g/mol. The molecule has 4 aliphatic rings. The number of hydrogen-bond acceptors (Lipinski definition) is 3. The number of benzene rings is 1. The number of furan rings is 1. The maximum Gasteiger partial charge on any atom is 0.133 e. The molecule has 4 saturated heterocycles. The van der Waals surface area contributed by atoms with Gasteiger partial charge in [0.2, 0.25) is 0 Å². The summed E-state index contributed by atoms with van der Waals surface area (Å²) in [5.41, 5.74) is 3.55. The second kappa shape index (κ2) is 4.49. The van der Waals surface area contributed by atoms with Gasteiger partial charge in [0.05, 0.1) is 12.4 Å². The van der Waals surface area contributed by atoms with E-state index in [1.54, 1.807) is 6.26 Å². The van der Waals surface area contributed by atoms with Gasteiger partial charge < -0.3 is 4.42 Å². The van der Waals surface area contributed by atoms with Gasteiger partial charge in [-0.3, -0.25) is 9.80 Å². The first kappa shape index (κ1) is 13.8. The molecule has 0 atom stereocenters. The predicted molar refractivity (Wildman–Crippen MR) is 90.9 cm³/mol. The van der Waals surface area contributed by atoms with E-state index in [1.165, 1.54) is 38.2 Å². The van der Waals surface area contributed by atoms with Crippen LogP contribution in [0.15, 0.2) is 47.1 Å². The minimum Gasteiger partial charge on any atom is -0.464 e. The summed E-state index contributed by atoms with van der Waals surface area (Å²) in [6, 6.07) is 12.9. The predicted octanol–water partition coefficient (Wildman–Crippen LogP) is 3.99. The van der Waals surface area contributed by atoms with Gasteiger partial charge in [-0.25, -0.2) is 0 Å². The first-order valence-corrected chi connectivity index (χ1v) is 8.66. The fourth-order valence-corrected chi connectivity index (χ4v) is 5.69. The molecule has 3 nitrogen and oxygen atoms in total. The van der Waals surface area contributed by atoms with Crippen LogP contribution >= 0.6 is 0 Å². The van der Waals surface area contributed by atoms with Crippen molar-refractivity contribution in [2.45, 2.75) is 26.4 Å². The smallest absolute Gasteiger partial charge is 0.133 e. The van der Waals surface area contributed by atoms with E-state index in [9.17, 15) is 0 Å². The lowest BCUT2D eigenvalue weighted by Gasteiger charge is -2.66. The summed E-state index contributed by atoms with van der Waals surface area (Å²) in [5.74, 6) is 0.947. The molecule has 4 bridgehead atoms. The molecular weight excluding hydrogens is 284 g/mol. The van der Waals surface area contributed by atoms with E-state index < -0.39 is 0 Å². The highest BCUT2D eigenvalue weighted by atomic mass is 16.3. The highest BCUT2D eigenvalue weighted by molar-refractivity contribution is 5.57. The Bertz CT molecular complexity index is 683. The third-order valence-electron chi connectivity index (χ3n) is 5.90. The van der Waals surface area contributed by atoms with Crippen molar-refractivity contribution in [3.8, 4) is 11.3 Å². The summed E-state index contributed by atoms with van der Waals surface area (Å²) in [5, 5.41) is 0. The van der Waals surface area contributed by atoms with Gasteiger partial charge in [0.15, 0.2) is 0 Å². The molecule has 4 fully saturated rings. The van der Waals surface area contributed by atoms with Crippen LogP contribution in [0.1, 0.15) is 32.0 Å². The third kappa shape index (κ3) is 2.10. The van der Waals surface area contributed by atoms with Gasteiger partial charge in [-0.05, 0) is 34.9 Å². The summed E-state index contributed by atoms with van der Waals surface area (Å²) in [6.07, 6.45) is 3.58. The molecule has 1 aromatic carbocycles. The molecule has 23 heavy (non-hydrogen) atoms. The van der Waals surface area contributed by atoms with E-state index >= 15 is 0 Å². The first-order chi connectivity index (χ1) is 11.0. The minimum atomic E-state index is 0.460. The van der Waals surface area contributed by atoms with Crippen molar-refractivity contribution >= 4 is 0 Å². The molecule has 6 rings (SSSR count). The van der Waals surface area contributed by atoms with Crippen LogP contribution in [0.3, 0.4) is 0 Å². The zero-order chi connectivity index (χ0) is 15.7. The van der Waals surface area contributed by atoms with Crippen molar-refractivity contribution in [3.63, 3.8) is 0 Å². The van der Waals surface area contributed by atoms with Crippen LogP contribution in [-0.2, 0) is 0 Å². The Morgan fingerprint density at radius 3 is 2.04 bits per heavy atom. The molecule has 2 aromatic rings. The second-order valence-corrected chi connectivity index (χ2v) is 8.58. The molecule has 5 heterocycles. The zero-order valence-electron chi connectivity index (χ0n) is 14.0. The Labute approximate surface area is 137 Å². The largest absolute Gasteiger partial charge is 0.464 e. The molecule has 0 unspecified atom stereocenters. The zero-order valence-corrected chi connectivity index (χ0v) is 14.0. The van der Waals surface area contributed by atoms with Gasteiger partial charge >= 0.3 is 0 Å². The minimum absolute atomic E-state index is 0.460.